The van der Waals surface area contributed by atoms with Crippen LogP contribution in [0.1, 0.15) is 0 Å². The number of nitro groups is 1. The smallest absolute Gasteiger partial charge is 0.391 e. The highest BCUT2D eigenvalue weighted by molar-refractivity contribution is 7.91. The maximum absolute atomic E-state index is 12.2. The standard InChI is InChI=1S/C12H13N2O7PS2/c1-13(24(19,20)12-3-2-8-23-12)9-22(17,18)21-11-6-4-10(5-7-11)14(15)16/h2-8H,9H2,1H3,(H,17,18). The van der Waals surface area contributed by atoms with Crippen molar-refractivity contribution in [1.29, 1.82) is 0 Å². The van der Waals surface area contributed by atoms with Crippen LogP contribution in [0.5, 0.6) is 5.75 Å². The summed E-state index contributed by atoms with van der Waals surface area (Å²) in [6, 6.07) is 7.49. The summed E-state index contributed by atoms with van der Waals surface area (Å²) in [6.45, 7) is 0. The third kappa shape index (κ3) is 4.40. The average molecular weight is 392 g/mol. The van der Waals surface area contributed by atoms with Gasteiger partial charge in [-0.3, -0.25) is 10.1 Å². The van der Waals surface area contributed by atoms with Crippen molar-refractivity contribution in [3.63, 3.8) is 0 Å². The summed E-state index contributed by atoms with van der Waals surface area (Å²) >= 11 is 0.987. The molecule has 0 amide bonds. The van der Waals surface area contributed by atoms with E-state index in [-0.39, 0.29) is 15.6 Å². The molecule has 1 N–H and O–H groups in total. The lowest BCUT2D eigenvalue weighted by molar-refractivity contribution is -0.384. The van der Waals surface area contributed by atoms with E-state index in [1.165, 1.54) is 6.07 Å². The molecule has 0 saturated heterocycles. The minimum Gasteiger partial charge on any atom is -0.424 e. The average Bonchev–Trinajstić information content (AvgIpc) is 3.01. The second kappa shape index (κ2) is 6.99. The third-order valence-electron chi connectivity index (χ3n) is 2.83. The topological polar surface area (TPSA) is 127 Å². The fraction of sp³-hybridized carbons (Fsp3) is 0.167. The highest BCUT2D eigenvalue weighted by atomic mass is 32.2. The van der Waals surface area contributed by atoms with Crippen molar-refractivity contribution in [2.75, 3.05) is 13.3 Å². The minimum absolute atomic E-state index is 0.0420. The quantitative estimate of drug-likeness (QED) is 0.436. The summed E-state index contributed by atoms with van der Waals surface area (Å²) in [6.07, 6.45) is -0.760. The van der Waals surface area contributed by atoms with Crippen molar-refractivity contribution in [2.24, 2.45) is 0 Å². The summed E-state index contributed by atoms with van der Waals surface area (Å²) in [5, 5.41) is 12.1. The predicted octanol–water partition coefficient (Wildman–Crippen LogP) is 2.50. The van der Waals surface area contributed by atoms with Gasteiger partial charge in [0, 0.05) is 19.2 Å². The SMILES string of the molecule is CN(CP(=O)(O)Oc1ccc([N+](=O)[O-])cc1)S(=O)(=O)c1cccs1. The monoisotopic (exact) mass is 392 g/mol. The Morgan fingerprint density at radius 3 is 2.46 bits per heavy atom. The van der Waals surface area contributed by atoms with E-state index in [4.69, 9.17) is 4.52 Å². The third-order valence-corrected chi connectivity index (χ3v) is 7.48. The molecule has 9 nitrogen and oxygen atoms in total. The Morgan fingerprint density at radius 1 is 1.33 bits per heavy atom. The zero-order chi connectivity index (χ0) is 18.0. The van der Waals surface area contributed by atoms with Gasteiger partial charge in [-0.05, 0) is 23.6 Å². The van der Waals surface area contributed by atoms with E-state index in [0.717, 1.165) is 47.0 Å². The first-order valence-electron chi connectivity index (χ1n) is 6.37. The van der Waals surface area contributed by atoms with E-state index in [1.54, 1.807) is 11.4 Å². The number of nitro benzene ring substituents is 1. The maximum atomic E-state index is 12.2. The number of hydrogen-bond donors (Lipinski definition) is 1. The van der Waals surface area contributed by atoms with Gasteiger partial charge in [0.2, 0.25) is 0 Å². The van der Waals surface area contributed by atoms with Crippen molar-refractivity contribution in [1.82, 2.24) is 4.31 Å². The van der Waals surface area contributed by atoms with Crippen molar-refractivity contribution < 1.29 is 27.3 Å². The summed E-state index contributed by atoms with van der Waals surface area (Å²) in [5.41, 5.74) is -0.201. The van der Waals surface area contributed by atoms with Crippen LogP contribution in [-0.4, -0.2) is 35.9 Å². The van der Waals surface area contributed by atoms with E-state index in [1.807, 2.05) is 0 Å². The van der Waals surface area contributed by atoms with Gasteiger partial charge < -0.3 is 9.42 Å². The lowest BCUT2D eigenvalue weighted by atomic mass is 10.3. The minimum atomic E-state index is -4.33. The van der Waals surface area contributed by atoms with Crippen LogP contribution in [-0.2, 0) is 14.6 Å². The first-order chi connectivity index (χ1) is 11.1. The molecule has 0 saturated carbocycles. The van der Waals surface area contributed by atoms with Crippen molar-refractivity contribution in [3.8, 4) is 5.75 Å². The number of hydrogen-bond acceptors (Lipinski definition) is 7. The highest BCUT2D eigenvalue weighted by Gasteiger charge is 2.31. The molecule has 0 aliphatic carbocycles. The van der Waals surface area contributed by atoms with Crippen LogP contribution in [0.4, 0.5) is 5.69 Å². The summed E-state index contributed by atoms with van der Waals surface area (Å²) in [4.78, 5) is 19.8. The van der Waals surface area contributed by atoms with Gasteiger partial charge in [0.05, 0.1) is 4.92 Å². The Hall–Kier alpha value is -1.78. The van der Waals surface area contributed by atoms with Gasteiger partial charge in [0.25, 0.3) is 15.7 Å². The number of benzene rings is 1. The molecule has 1 unspecified atom stereocenters. The second-order valence-corrected chi connectivity index (χ2v) is 9.62. The molecule has 0 spiro atoms. The molecule has 2 aromatic rings. The van der Waals surface area contributed by atoms with Gasteiger partial charge in [0.15, 0.2) is 0 Å². The summed E-state index contributed by atoms with van der Waals surface area (Å²) in [7, 11) is -7.05. The largest absolute Gasteiger partial charge is 0.424 e. The zero-order valence-corrected chi connectivity index (χ0v) is 14.8. The van der Waals surface area contributed by atoms with Crippen molar-refractivity contribution in [3.05, 3.63) is 51.9 Å². The van der Waals surface area contributed by atoms with Crippen LogP contribution >= 0.6 is 18.9 Å². The van der Waals surface area contributed by atoms with Gasteiger partial charge in [0.1, 0.15) is 16.2 Å². The lowest BCUT2D eigenvalue weighted by Crippen LogP contribution is -2.28. The van der Waals surface area contributed by atoms with Crippen LogP contribution in [0.2, 0.25) is 0 Å². The zero-order valence-electron chi connectivity index (χ0n) is 12.3. The first kappa shape index (κ1) is 18.6. The number of rotatable bonds is 7. The number of nitrogens with zero attached hydrogens (tertiary/aromatic N) is 2. The molecule has 12 heteroatoms. The number of non-ortho nitro benzene ring substituents is 1. The van der Waals surface area contributed by atoms with Crippen LogP contribution in [0.25, 0.3) is 0 Å². The van der Waals surface area contributed by atoms with E-state index >= 15 is 0 Å². The molecular weight excluding hydrogens is 379 g/mol. The maximum Gasteiger partial charge on any atom is 0.391 e. The molecule has 24 heavy (non-hydrogen) atoms. The van der Waals surface area contributed by atoms with Gasteiger partial charge in [-0.25, -0.2) is 13.0 Å². The van der Waals surface area contributed by atoms with E-state index in [9.17, 15) is 28.0 Å². The fourth-order valence-electron chi connectivity index (χ4n) is 1.71. The van der Waals surface area contributed by atoms with Crippen molar-refractivity contribution >= 4 is 34.6 Å². The number of sulfonamides is 1. The van der Waals surface area contributed by atoms with Gasteiger partial charge in [-0.1, -0.05) is 6.07 Å². The Labute approximate surface area is 141 Å². The molecule has 130 valence electrons. The summed E-state index contributed by atoms with van der Waals surface area (Å²) < 4.78 is 42.2. The molecule has 0 radical (unpaired) electrons. The van der Waals surface area contributed by atoms with E-state index in [0.29, 0.717) is 0 Å². The highest BCUT2D eigenvalue weighted by Crippen LogP contribution is 2.44. The van der Waals surface area contributed by atoms with Gasteiger partial charge in [-0.2, -0.15) is 4.31 Å². The van der Waals surface area contributed by atoms with Gasteiger partial charge >= 0.3 is 7.60 Å². The first-order valence-corrected chi connectivity index (χ1v) is 10.5. The molecular formula is C12H13N2O7PS2. The molecule has 1 heterocycles. The molecule has 0 bridgehead atoms. The molecule has 0 fully saturated rings. The second-order valence-electron chi connectivity index (χ2n) is 4.66. The summed E-state index contributed by atoms with van der Waals surface area (Å²) in [5.74, 6) is -0.0756. The lowest BCUT2D eigenvalue weighted by Gasteiger charge is -2.20. The fourth-order valence-corrected chi connectivity index (χ4v) is 5.81. The predicted molar refractivity (Wildman–Crippen MR) is 87.7 cm³/mol. The molecule has 1 atom stereocenters. The Kier molecular flexibility index (Phi) is 5.41. The number of thiophene rings is 1. The Morgan fingerprint density at radius 2 is 1.96 bits per heavy atom. The van der Waals surface area contributed by atoms with E-state index < -0.39 is 28.8 Å². The van der Waals surface area contributed by atoms with Crippen molar-refractivity contribution in [2.45, 2.75) is 4.21 Å². The normalized spacial score (nSPS) is 14.3. The molecule has 0 aliphatic heterocycles. The Bertz CT molecular complexity index is 865. The van der Waals surface area contributed by atoms with Crippen LogP contribution in [0.15, 0.2) is 46.0 Å². The van der Waals surface area contributed by atoms with Crippen LogP contribution in [0.3, 0.4) is 0 Å². The Balaban J connectivity index is 2.10. The molecule has 0 aliphatic rings. The molecule has 2 rings (SSSR count). The van der Waals surface area contributed by atoms with E-state index in [2.05, 4.69) is 0 Å². The van der Waals surface area contributed by atoms with Crippen LogP contribution < -0.4 is 4.52 Å². The molecule has 1 aromatic heterocycles. The molecule has 1 aromatic carbocycles. The van der Waals surface area contributed by atoms with Gasteiger partial charge in [-0.15, -0.1) is 11.3 Å². The van der Waals surface area contributed by atoms with Crippen LogP contribution in [0, 0.1) is 10.1 Å².